The molecule has 112 valence electrons. The first-order valence-corrected chi connectivity index (χ1v) is 7.23. The summed E-state index contributed by atoms with van der Waals surface area (Å²) < 4.78 is 0. The van der Waals surface area contributed by atoms with Crippen molar-refractivity contribution in [2.45, 2.75) is 46.6 Å². The third kappa shape index (κ3) is 4.15. The predicted molar refractivity (Wildman–Crippen MR) is 80.0 cm³/mol. The van der Waals surface area contributed by atoms with E-state index in [1.807, 2.05) is 4.90 Å². The van der Waals surface area contributed by atoms with Crippen LogP contribution in [0.3, 0.4) is 0 Å². The van der Waals surface area contributed by atoms with Crippen LogP contribution in [0.5, 0.6) is 11.5 Å². The fourth-order valence-electron chi connectivity index (χ4n) is 2.41. The Morgan fingerprint density at radius 3 is 2.00 bits per heavy atom. The average Bonchev–Trinajstić information content (AvgIpc) is 2.36. The van der Waals surface area contributed by atoms with Crippen LogP contribution >= 0.6 is 0 Å². The summed E-state index contributed by atoms with van der Waals surface area (Å²) in [5, 5.41) is 19.1. The molecular weight excluding hydrogens is 254 g/mol. The molecule has 0 atom stereocenters. The molecule has 0 fully saturated rings. The molecule has 0 bridgehead atoms. The first-order valence-electron chi connectivity index (χ1n) is 7.23. The molecule has 0 heterocycles. The van der Waals surface area contributed by atoms with Gasteiger partial charge < -0.3 is 15.1 Å². The van der Waals surface area contributed by atoms with Crippen LogP contribution in [-0.2, 0) is 0 Å². The lowest BCUT2D eigenvalue weighted by Crippen LogP contribution is -2.42. The quantitative estimate of drug-likeness (QED) is 0.839. The summed E-state index contributed by atoms with van der Waals surface area (Å²) in [7, 11) is 0. The lowest BCUT2D eigenvalue weighted by atomic mass is 10.0. The highest BCUT2D eigenvalue weighted by atomic mass is 16.3. The van der Waals surface area contributed by atoms with E-state index in [0.717, 1.165) is 12.8 Å². The number of phenolic OH excluding ortho intramolecular Hbond substituents is 2. The van der Waals surface area contributed by atoms with Gasteiger partial charge in [0.15, 0.2) is 0 Å². The molecule has 2 N–H and O–H groups in total. The largest absolute Gasteiger partial charge is 0.508 e. The van der Waals surface area contributed by atoms with Gasteiger partial charge in [-0.2, -0.15) is 0 Å². The normalized spacial score (nSPS) is 11.1. The fraction of sp³-hybridized carbons (Fsp3) is 0.562. The van der Waals surface area contributed by atoms with E-state index < -0.39 is 0 Å². The fourth-order valence-corrected chi connectivity index (χ4v) is 2.41. The molecule has 0 saturated heterocycles. The second kappa shape index (κ2) is 7.17. The maximum Gasteiger partial charge on any atom is 0.254 e. The van der Waals surface area contributed by atoms with Crippen LogP contribution in [0.2, 0.25) is 0 Å². The van der Waals surface area contributed by atoms with E-state index in [0.29, 0.717) is 18.0 Å². The number of hydrogen-bond acceptors (Lipinski definition) is 3. The van der Waals surface area contributed by atoms with Crippen molar-refractivity contribution in [1.82, 2.24) is 4.90 Å². The van der Waals surface area contributed by atoms with Crippen LogP contribution in [-0.4, -0.2) is 33.6 Å². The average molecular weight is 279 g/mol. The van der Waals surface area contributed by atoms with Gasteiger partial charge in [-0.05, 0) is 30.9 Å². The van der Waals surface area contributed by atoms with Crippen molar-refractivity contribution in [3.63, 3.8) is 0 Å². The molecule has 1 aromatic rings. The van der Waals surface area contributed by atoms with E-state index >= 15 is 0 Å². The van der Waals surface area contributed by atoms with Gasteiger partial charge in [0.05, 0.1) is 0 Å². The topological polar surface area (TPSA) is 60.8 Å². The van der Waals surface area contributed by atoms with Crippen LogP contribution in [0.4, 0.5) is 0 Å². The number of hydrogen-bond donors (Lipinski definition) is 2. The Labute approximate surface area is 121 Å². The number of benzene rings is 1. The second-order valence-corrected chi connectivity index (χ2v) is 5.56. The Morgan fingerprint density at radius 2 is 1.60 bits per heavy atom. The van der Waals surface area contributed by atoms with Crippen LogP contribution in [0.15, 0.2) is 18.2 Å². The molecule has 0 aliphatic heterocycles. The number of amides is 1. The molecule has 4 nitrogen and oxygen atoms in total. The zero-order valence-corrected chi connectivity index (χ0v) is 12.8. The molecule has 0 aliphatic rings. The van der Waals surface area contributed by atoms with Crippen molar-refractivity contribution in [2.75, 3.05) is 6.54 Å². The molecule has 0 unspecified atom stereocenters. The number of aromatic hydroxyl groups is 2. The molecule has 4 heteroatoms. The van der Waals surface area contributed by atoms with Gasteiger partial charge in [-0.25, -0.2) is 0 Å². The van der Waals surface area contributed by atoms with Crippen molar-refractivity contribution in [1.29, 1.82) is 0 Å². The Kier molecular flexibility index (Phi) is 5.86. The molecule has 20 heavy (non-hydrogen) atoms. The smallest absolute Gasteiger partial charge is 0.254 e. The summed E-state index contributed by atoms with van der Waals surface area (Å²) in [4.78, 5) is 14.5. The molecule has 0 aliphatic carbocycles. The molecule has 0 aromatic heterocycles. The SMILES string of the molecule is CCC(CC)N(CC(C)C)C(=O)c1cc(O)cc(O)c1. The van der Waals surface area contributed by atoms with Gasteiger partial charge in [0.25, 0.3) is 5.91 Å². The Morgan fingerprint density at radius 1 is 1.10 bits per heavy atom. The van der Waals surface area contributed by atoms with Crippen LogP contribution in [0.25, 0.3) is 0 Å². The molecule has 1 amide bonds. The van der Waals surface area contributed by atoms with Crippen LogP contribution < -0.4 is 0 Å². The van der Waals surface area contributed by atoms with E-state index in [2.05, 4.69) is 27.7 Å². The van der Waals surface area contributed by atoms with Gasteiger partial charge in [0.2, 0.25) is 0 Å². The van der Waals surface area contributed by atoms with Crippen LogP contribution in [0.1, 0.15) is 50.9 Å². The van der Waals surface area contributed by atoms with Gasteiger partial charge in [-0.15, -0.1) is 0 Å². The number of carbonyl (C=O) groups excluding carboxylic acids is 1. The lowest BCUT2D eigenvalue weighted by Gasteiger charge is -2.32. The summed E-state index contributed by atoms with van der Waals surface area (Å²) in [5.74, 6) is 0.0360. The van der Waals surface area contributed by atoms with E-state index in [1.165, 1.54) is 18.2 Å². The number of rotatable bonds is 6. The maximum absolute atomic E-state index is 12.6. The summed E-state index contributed by atoms with van der Waals surface area (Å²) in [6.07, 6.45) is 1.78. The van der Waals surface area contributed by atoms with Crippen molar-refractivity contribution < 1.29 is 15.0 Å². The number of carbonyl (C=O) groups is 1. The zero-order valence-electron chi connectivity index (χ0n) is 12.8. The maximum atomic E-state index is 12.6. The van der Waals surface area contributed by atoms with E-state index in [9.17, 15) is 15.0 Å². The third-order valence-corrected chi connectivity index (χ3v) is 3.36. The molecule has 0 saturated carbocycles. The van der Waals surface area contributed by atoms with Crippen molar-refractivity contribution in [3.05, 3.63) is 23.8 Å². The molecule has 1 aromatic carbocycles. The summed E-state index contributed by atoms with van der Waals surface area (Å²) in [5.41, 5.74) is 0.329. The highest BCUT2D eigenvalue weighted by molar-refractivity contribution is 5.95. The van der Waals surface area contributed by atoms with Gasteiger partial charge in [-0.1, -0.05) is 27.7 Å². The highest BCUT2D eigenvalue weighted by Crippen LogP contribution is 2.23. The van der Waals surface area contributed by atoms with Gasteiger partial charge in [0, 0.05) is 24.2 Å². The van der Waals surface area contributed by atoms with Crippen molar-refractivity contribution in [2.24, 2.45) is 5.92 Å². The summed E-state index contributed by atoms with van der Waals surface area (Å²) in [6, 6.07) is 4.20. The Balaban J connectivity index is 3.08. The number of phenols is 2. The summed E-state index contributed by atoms with van der Waals surface area (Å²) >= 11 is 0. The molecular formula is C16H25NO3. The number of nitrogens with zero attached hydrogens (tertiary/aromatic N) is 1. The predicted octanol–water partition coefficient (Wildman–Crippen LogP) is 3.38. The third-order valence-electron chi connectivity index (χ3n) is 3.36. The molecule has 0 spiro atoms. The second-order valence-electron chi connectivity index (χ2n) is 5.56. The highest BCUT2D eigenvalue weighted by Gasteiger charge is 2.23. The first kappa shape index (κ1) is 16.3. The van der Waals surface area contributed by atoms with E-state index in [1.54, 1.807) is 0 Å². The Hall–Kier alpha value is -1.71. The van der Waals surface area contributed by atoms with Crippen molar-refractivity contribution >= 4 is 5.91 Å². The molecule has 0 radical (unpaired) electrons. The zero-order chi connectivity index (χ0) is 15.3. The van der Waals surface area contributed by atoms with Gasteiger partial charge in [-0.3, -0.25) is 4.79 Å². The minimum Gasteiger partial charge on any atom is -0.508 e. The van der Waals surface area contributed by atoms with Gasteiger partial charge >= 0.3 is 0 Å². The first-order chi connectivity index (χ1) is 9.38. The minimum absolute atomic E-state index is 0.0950. The van der Waals surface area contributed by atoms with E-state index in [-0.39, 0.29) is 23.4 Å². The van der Waals surface area contributed by atoms with Crippen molar-refractivity contribution in [3.8, 4) is 11.5 Å². The monoisotopic (exact) mass is 279 g/mol. The summed E-state index contributed by atoms with van der Waals surface area (Å²) in [6.45, 7) is 8.94. The minimum atomic E-state index is -0.140. The lowest BCUT2D eigenvalue weighted by molar-refractivity contribution is 0.0639. The van der Waals surface area contributed by atoms with E-state index in [4.69, 9.17) is 0 Å². The van der Waals surface area contributed by atoms with Crippen LogP contribution in [0, 0.1) is 5.92 Å². The van der Waals surface area contributed by atoms with Gasteiger partial charge in [0.1, 0.15) is 11.5 Å². The standard InChI is InChI=1S/C16H25NO3/c1-5-13(6-2)17(10-11(3)4)16(20)12-7-14(18)9-15(19)8-12/h7-9,11,13,18-19H,5-6,10H2,1-4H3. The Bertz CT molecular complexity index is 433. The molecule has 1 rings (SSSR count).